The summed E-state index contributed by atoms with van der Waals surface area (Å²) in [5, 5.41) is 8.87. The van der Waals surface area contributed by atoms with Crippen molar-refractivity contribution in [2.24, 2.45) is 0 Å². The Labute approximate surface area is 140 Å². The lowest BCUT2D eigenvalue weighted by Gasteiger charge is -2.20. The number of aliphatic carboxylic acids is 1. The first-order chi connectivity index (χ1) is 11.5. The fourth-order valence-electron chi connectivity index (χ4n) is 2.61. The van der Waals surface area contributed by atoms with Gasteiger partial charge < -0.3 is 14.7 Å². The van der Waals surface area contributed by atoms with Gasteiger partial charge in [0.2, 0.25) is 0 Å². The quantitative estimate of drug-likeness (QED) is 0.801. The minimum Gasteiger partial charge on any atom is -0.490 e. The number of rotatable bonds is 8. The molecule has 0 aliphatic heterocycles. The van der Waals surface area contributed by atoms with Crippen molar-refractivity contribution in [1.29, 1.82) is 0 Å². The summed E-state index contributed by atoms with van der Waals surface area (Å²) in [5.41, 5.74) is 1.76. The van der Waals surface area contributed by atoms with Crippen LogP contribution in [0.25, 0.3) is 5.65 Å². The first-order valence-electron chi connectivity index (χ1n) is 8.17. The molecule has 1 amide bonds. The Morgan fingerprint density at radius 2 is 2.08 bits per heavy atom. The number of aromatic nitrogens is 2. The fraction of sp³-hybridized carbons (Fsp3) is 0.471. The third-order valence-corrected chi connectivity index (χ3v) is 3.79. The van der Waals surface area contributed by atoms with Crippen molar-refractivity contribution in [3.63, 3.8) is 0 Å². The first kappa shape index (κ1) is 17.8. The van der Waals surface area contributed by atoms with E-state index >= 15 is 0 Å². The van der Waals surface area contributed by atoms with E-state index in [2.05, 4.69) is 4.98 Å². The van der Waals surface area contributed by atoms with Crippen LogP contribution in [0, 0.1) is 0 Å². The molecule has 0 radical (unpaired) electrons. The molecule has 2 heterocycles. The van der Waals surface area contributed by atoms with Crippen LogP contribution in [-0.2, 0) is 11.2 Å². The molecule has 0 aliphatic rings. The number of carbonyl (C=O) groups is 2. The van der Waals surface area contributed by atoms with E-state index in [1.807, 2.05) is 32.9 Å². The van der Waals surface area contributed by atoms with E-state index in [9.17, 15) is 9.59 Å². The fourth-order valence-corrected chi connectivity index (χ4v) is 2.61. The van der Waals surface area contributed by atoms with Gasteiger partial charge >= 0.3 is 5.97 Å². The topological polar surface area (TPSA) is 84.1 Å². The molecule has 0 unspecified atom stereocenters. The van der Waals surface area contributed by atoms with E-state index in [1.54, 1.807) is 10.6 Å². The number of hydrogen-bond donors (Lipinski definition) is 1. The van der Waals surface area contributed by atoms with Crippen molar-refractivity contribution in [2.45, 2.75) is 33.6 Å². The number of nitrogens with zero attached hydrogens (tertiary/aromatic N) is 3. The van der Waals surface area contributed by atoms with Crippen molar-refractivity contribution in [2.75, 3.05) is 19.7 Å². The normalized spacial score (nSPS) is 10.8. The Balaban J connectivity index is 2.47. The number of ether oxygens (including phenoxy) is 1. The molecule has 0 bridgehead atoms. The summed E-state index contributed by atoms with van der Waals surface area (Å²) >= 11 is 0. The summed E-state index contributed by atoms with van der Waals surface area (Å²) in [7, 11) is 0. The highest BCUT2D eigenvalue weighted by Gasteiger charge is 2.24. The molecule has 0 atom stereocenters. The van der Waals surface area contributed by atoms with E-state index in [1.165, 1.54) is 4.90 Å². The van der Waals surface area contributed by atoms with Crippen LogP contribution in [0.1, 0.15) is 43.4 Å². The summed E-state index contributed by atoms with van der Waals surface area (Å²) in [6.45, 7) is 6.79. The molecule has 2 aromatic heterocycles. The second-order valence-corrected chi connectivity index (χ2v) is 5.29. The molecule has 1 N–H and O–H groups in total. The Hall–Kier alpha value is -2.57. The molecule has 2 rings (SSSR count). The van der Waals surface area contributed by atoms with Gasteiger partial charge in [0.25, 0.3) is 5.91 Å². The van der Waals surface area contributed by atoms with Crippen LogP contribution in [0.4, 0.5) is 0 Å². The van der Waals surface area contributed by atoms with E-state index in [0.29, 0.717) is 42.4 Å². The second kappa shape index (κ2) is 7.81. The smallest absolute Gasteiger partial charge is 0.305 e. The Morgan fingerprint density at radius 3 is 2.67 bits per heavy atom. The number of carboxylic acid groups (broad SMARTS) is 1. The number of imidazole rings is 1. The standard InChI is InChI=1S/C17H23N3O4/c1-4-12-15(17(23)19(5-2)11-9-14(21)22)20-10-7-8-13(24-6-3)16(20)18-12/h7-8,10H,4-6,9,11H2,1-3H3,(H,21,22). The maximum Gasteiger partial charge on any atom is 0.305 e. The van der Waals surface area contributed by atoms with Gasteiger partial charge in [0, 0.05) is 19.3 Å². The number of fused-ring (bicyclic) bond motifs is 1. The predicted molar refractivity (Wildman–Crippen MR) is 89.6 cm³/mol. The summed E-state index contributed by atoms with van der Waals surface area (Å²) in [6.07, 6.45) is 2.30. The lowest BCUT2D eigenvalue weighted by atomic mass is 10.2. The minimum absolute atomic E-state index is 0.0814. The number of amides is 1. The SMILES string of the molecule is CCOc1cccn2c(C(=O)N(CC)CCC(=O)O)c(CC)nc12. The minimum atomic E-state index is -0.922. The van der Waals surface area contributed by atoms with Crippen LogP contribution in [0.15, 0.2) is 18.3 Å². The Bertz CT molecular complexity index is 739. The van der Waals surface area contributed by atoms with E-state index < -0.39 is 5.97 Å². The zero-order chi connectivity index (χ0) is 17.7. The van der Waals surface area contributed by atoms with Gasteiger partial charge in [-0.25, -0.2) is 4.98 Å². The summed E-state index contributed by atoms with van der Waals surface area (Å²) in [6, 6.07) is 3.63. The largest absolute Gasteiger partial charge is 0.490 e. The van der Waals surface area contributed by atoms with Crippen LogP contribution in [-0.4, -0.2) is 51.0 Å². The molecule has 130 valence electrons. The maximum atomic E-state index is 12.9. The third kappa shape index (κ3) is 3.50. The van der Waals surface area contributed by atoms with Crippen molar-refractivity contribution in [1.82, 2.24) is 14.3 Å². The first-order valence-corrected chi connectivity index (χ1v) is 8.17. The van der Waals surface area contributed by atoms with Gasteiger partial charge in [-0.05, 0) is 32.4 Å². The van der Waals surface area contributed by atoms with Crippen molar-refractivity contribution in [3.05, 3.63) is 29.7 Å². The molecule has 0 fully saturated rings. The van der Waals surface area contributed by atoms with Gasteiger partial charge in [-0.3, -0.25) is 14.0 Å². The van der Waals surface area contributed by atoms with Crippen molar-refractivity contribution < 1.29 is 19.4 Å². The molecule has 7 nitrogen and oxygen atoms in total. The summed E-state index contributed by atoms with van der Waals surface area (Å²) < 4.78 is 7.32. The van der Waals surface area contributed by atoms with Gasteiger partial charge in [0.1, 0.15) is 5.69 Å². The number of pyridine rings is 1. The zero-order valence-electron chi connectivity index (χ0n) is 14.3. The molecule has 24 heavy (non-hydrogen) atoms. The number of aryl methyl sites for hydroxylation is 1. The summed E-state index contributed by atoms with van der Waals surface area (Å²) in [5.74, 6) is -0.507. The van der Waals surface area contributed by atoms with E-state index in [0.717, 1.165) is 0 Å². The van der Waals surface area contributed by atoms with Crippen LogP contribution in [0.5, 0.6) is 5.75 Å². The molecule has 0 aromatic carbocycles. The zero-order valence-corrected chi connectivity index (χ0v) is 14.3. The average molecular weight is 333 g/mol. The molecule has 2 aromatic rings. The molecular formula is C17H23N3O4. The van der Waals surface area contributed by atoms with Crippen LogP contribution in [0.3, 0.4) is 0 Å². The van der Waals surface area contributed by atoms with E-state index in [-0.39, 0.29) is 18.9 Å². The lowest BCUT2D eigenvalue weighted by molar-refractivity contribution is -0.137. The van der Waals surface area contributed by atoms with Crippen LogP contribution < -0.4 is 4.74 Å². The molecule has 0 saturated heterocycles. The second-order valence-electron chi connectivity index (χ2n) is 5.29. The highest BCUT2D eigenvalue weighted by atomic mass is 16.5. The van der Waals surface area contributed by atoms with Gasteiger partial charge in [-0.2, -0.15) is 0 Å². The van der Waals surface area contributed by atoms with E-state index in [4.69, 9.17) is 9.84 Å². The average Bonchev–Trinajstić information content (AvgIpc) is 2.94. The van der Waals surface area contributed by atoms with Gasteiger partial charge in [0.05, 0.1) is 18.7 Å². The monoisotopic (exact) mass is 333 g/mol. The van der Waals surface area contributed by atoms with Crippen LogP contribution in [0.2, 0.25) is 0 Å². The molecular weight excluding hydrogens is 310 g/mol. The Kier molecular flexibility index (Phi) is 5.78. The Morgan fingerprint density at radius 1 is 1.33 bits per heavy atom. The molecule has 0 saturated carbocycles. The maximum absolute atomic E-state index is 12.9. The van der Waals surface area contributed by atoms with Crippen molar-refractivity contribution in [3.8, 4) is 5.75 Å². The number of carboxylic acids is 1. The number of hydrogen-bond acceptors (Lipinski definition) is 4. The highest BCUT2D eigenvalue weighted by Crippen LogP contribution is 2.23. The van der Waals surface area contributed by atoms with Gasteiger partial charge in [-0.1, -0.05) is 6.92 Å². The third-order valence-electron chi connectivity index (χ3n) is 3.79. The highest BCUT2D eigenvalue weighted by molar-refractivity contribution is 5.95. The van der Waals surface area contributed by atoms with Gasteiger partial charge in [-0.15, -0.1) is 0 Å². The van der Waals surface area contributed by atoms with Gasteiger partial charge in [0.15, 0.2) is 11.4 Å². The molecule has 0 spiro atoms. The molecule has 0 aliphatic carbocycles. The predicted octanol–water partition coefficient (Wildman–Crippen LogP) is 2.23. The number of carbonyl (C=O) groups excluding carboxylic acids is 1. The van der Waals surface area contributed by atoms with Crippen LogP contribution >= 0.6 is 0 Å². The summed E-state index contributed by atoms with van der Waals surface area (Å²) in [4.78, 5) is 29.8. The lowest BCUT2D eigenvalue weighted by Crippen LogP contribution is -2.34. The van der Waals surface area contributed by atoms with Crippen molar-refractivity contribution >= 4 is 17.5 Å². The molecule has 7 heteroatoms.